The fourth-order valence-electron chi connectivity index (χ4n) is 1.88. The third kappa shape index (κ3) is 5.13. The first kappa shape index (κ1) is 13.9. The summed E-state index contributed by atoms with van der Waals surface area (Å²) in [6.07, 6.45) is 5.66. The molecule has 17 heavy (non-hydrogen) atoms. The van der Waals surface area contributed by atoms with Crippen molar-refractivity contribution in [2.45, 2.75) is 39.5 Å². The van der Waals surface area contributed by atoms with Gasteiger partial charge in [0.1, 0.15) is 12.1 Å². The zero-order valence-electron chi connectivity index (χ0n) is 10.8. The Morgan fingerprint density at radius 2 is 2.12 bits per heavy atom. The van der Waals surface area contributed by atoms with E-state index in [1.165, 1.54) is 0 Å². The minimum atomic E-state index is 0.260. The van der Waals surface area contributed by atoms with E-state index in [0.29, 0.717) is 5.92 Å². The van der Waals surface area contributed by atoms with Crippen LogP contribution in [0.5, 0.6) is 0 Å². The first-order valence-electron chi connectivity index (χ1n) is 6.45. The zero-order chi connectivity index (χ0) is 12.5. The van der Waals surface area contributed by atoms with Crippen LogP contribution in [0.4, 0.5) is 5.82 Å². The van der Waals surface area contributed by atoms with Crippen LogP contribution in [0.25, 0.3) is 0 Å². The van der Waals surface area contributed by atoms with E-state index in [9.17, 15) is 0 Å². The van der Waals surface area contributed by atoms with Crippen LogP contribution in [-0.2, 0) is 6.42 Å². The standard InChI is InChI=1S/C13H23N3O/c1-3-5-11(6-7-17)9-14-13-8-12(4-2)15-10-16-13/h8,10-11,17H,3-7,9H2,1-2H3,(H,14,15,16). The van der Waals surface area contributed by atoms with Gasteiger partial charge in [0, 0.05) is 24.9 Å². The molecule has 0 saturated heterocycles. The first-order valence-corrected chi connectivity index (χ1v) is 6.45. The molecule has 1 unspecified atom stereocenters. The van der Waals surface area contributed by atoms with Crippen LogP contribution in [-0.4, -0.2) is 28.2 Å². The van der Waals surface area contributed by atoms with Gasteiger partial charge in [-0.1, -0.05) is 20.3 Å². The molecule has 4 heteroatoms. The molecule has 0 aliphatic rings. The van der Waals surface area contributed by atoms with Gasteiger partial charge in [-0.05, 0) is 25.2 Å². The molecule has 0 aliphatic heterocycles. The summed E-state index contributed by atoms with van der Waals surface area (Å²) in [6, 6.07) is 1.99. The molecule has 96 valence electrons. The smallest absolute Gasteiger partial charge is 0.129 e. The molecule has 0 radical (unpaired) electrons. The summed E-state index contributed by atoms with van der Waals surface area (Å²) < 4.78 is 0. The van der Waals surface area contributed by atoms with Crippen molar-refractivity contribution < 1.29 is 5.11 Å². The molecule has 4 nitrogen and oxygen atoms in total. The van der Waals surface area contributed by atoms with E-state index in [2.05, 4.69) is 29.1 Å². The van der Waals surface area contributed by atoms with Gasteiger partial charge in [0.05, 0.1) is 0 Å². The van der Waals surface area contributed by atoms with Crippen molar-refractivity contribution in [1.29, 1.82) is 0 Å². The lowest BCUT2D eigenvalue weighted by atomic mass is 10.0. The predicted molar refractivity (Wildman–Crippen MR) is 70.0 cm³/mol. The maximum atomic E-state index is 8.99. The second kappa shape index (κ2) is 8.01. The number of nitrogens with zero attached hydrogens (tertiary/aromatic N) is 2. The van der Waals surface area contributed by atoms with E-state index >= 15 is 0 Å². The van der Waals surface area contributed by atoms with Gasteiger partial charge in [-0.15, -0.1) is 0 Å². The van der Waals surface area contributed by atoms with E-state index < -0.39 is 0 Å². The Bertz CT molecular complexity index is 311. The number of aliphatic hydroxyl groups is 1. The first-order chi connectivity index (χ1) is 8.30. The molecular formula is C13H23N3O. The van der Waals surface area contributed by atoms with Crippen molar-refractivity contribution in [1.82, 2.24) is 9.97 Å². The molecule has 2 N–H and O–H groups in total. The highest BCUT2D eigenvalue weighted by Gasteiger charge is 2.07. The van der Waals surface area contributed by atoms with Crippen LogP contribution in [0.2, 0.25) is 0 Å². The number of aliphatic hydroxyl groups excluding tert-OH is 1. The molecule has 1 atom stereocenters. The van der Waals surface area contributed by atoms with Crippen molar-refractivity contribution in [3.8, 4) is 0 Å². The van der Waals surface area contributed by atoms with Crippen LogP contribution < -0.4 is 5.32 Å². The summed E-state index contributed by atoms with van der Waals surface area (Å²) in [5, 5.41) is 12.3. The Kier molecular flexibility index (Phi) is 6.55. The maximum absolute atomic E-state index is 8.99. The van der Waals surface area contributed by atoms with Gasteiger partial charge >= 0.3 is 0 Å². The van der Waals surface area contributed by atoms with Gasteiger partial charge in [-0.3, -0.25) is 0 Å². The zero-order valence-corrected chi connectivity index (χ0v) is 10.8. The van der Waals surface area contributed by atoms with Crippen molar-refractivity contribution in [2.24, 2.45) is 5.92 Å². The minimum Gasteiger partial charge on any atom is -0.396 e. The lowest BCUT2D eigenvalue weighted by molar-refractivity contribution is 0.255. The number of nitrogens with one attached hydrogen (secondary N) is 1. The van der Waals surface area contributed by atoms with Gasteiger partial charge in [0.2, 0.25) is 0 Å². The van der Waals surface area contributed by atoms with Gasteiger partial charge in [0.25, 0.3) is 0 Å². The number of hydrogen-bond donors (Lipinski definition) is 2. The molecule has 0 aromatic carbocycles. The van der Waals surface area contributed by atoms with Gasteiger partial charge in [0.15, 0.2) is 0 Å². The molecular weight excluding hydrogens is 214 g/mol. The second-order valence-corrected chi connectivity index (χ2v) is 4.30. The molecule has 0 fully saturated rings. The number of aryl methyl sites for hydroxylation is 1. The fraction of sp³-hybridized carbons (Fsp3) is 0.692. The number of anilines is 1. The third-order valence-corrected chi connectivity index (χ3v) is 2.89. The number of aromatic nitrogens is 2. The predicted octanol–water partition coefficient (Wildman–Crippen LogP) is 2.25. The largest absolute Gasteiger partial charge is 0.396 e. The Labute approximate surface area is 103 Å². The van der Waals surface area contributed by atoms with E-state index in [1.54, 1.807) is 6.33 Å². The highest BCUT2D eigenvalue weighted by atomic mass is 16.3. The molecule has 0 saturated carbocycles. The van der Waals surface area contributed by atoms with Crippen molar-refractivity contribution in [3.63, 3.8) is 0 Å². The fourth-order valence-corrected chi connectivity index (χ4v) is 1.88. The minimum absolute atomic E-state index is 0.260. The van der Waals surface area contributed by atoms with Gasteiger partial charge in [-0.25, -0.2) is 9.97 Å². The lowest BCUT2D eigenvalue weighted by Crippen LogP contribution is -2.16. The van der Waals surface area contributed by atoms with Gasteiger partial charge in [-0.2, -0.15) is 0 Å². The van der Waals surface area contributed by atoms with Gasteiger partial charge < -0.3 is 10.4 Å². The van der Waals surface area contributed by atoms with Crippen molar-refractivity contribution in [3.05, 3.63) is 18.1 Å². The molecule has 1 aromatic rings. The molecule has 1 rings (SSSR count). The van der Waals surface area contributed by atoms with E-state index in [-0.39, 0.29) is 6.61 Å². The van der Waals surface area contributed by atoms with E-state index in [4.69, 9.17) is 5.11 Å². The van der Waals surface area contributed by atoms with Crippen molar-refractivity contribution >= 4 is 5.82 Å². The second-order valence-electron chi connectivity index (χ2n) is 4.30. The Hall–Kier alpha value is -1.16. The van der Waals surface area contributed by atoms with Crippen LogP contribution in [0, 0.1) is 5.92 Å². The summed E-state index contributed by atoms with van der Waals surface area (Å²) in [6.45, 7) is 5.38. The van der Waals surface area contributed by atoms with Crippen LogP contribution in [0.1, 0.15) is 38.8 Å². The summed E-state index contributed by atoms with van der Waals surface area (Å²) in [5.41, 5.74) is 1.05. The quantitative estimate of drug-likeness (QED) is 0.728. The number of rotatable bonds is 8. The Morgan fingerprint density at radius 3 is 2.76 bits per heavy atom. The summed E-state index contributed by atoms with van der Waals surface area (Å²) in [7, 11) is 0. The van der Waals surface area contributed by atoms with Crippen LogP contribution in [0.3, 0.4) is 0 Å². The van der Waals surface area contributed by atoms with E-state index in [0.717, 1.165) is 43.7 Å². The van der Waals surface area contributed by atoms with Crippen LogP contribution in [0.15, 0.2) is 12.4 Å². The average Bonchev–Trinajstić information content (AvgIpc) is 2.37. The Morgan fingerprint density at radius 1 is 1.29 bits per heavy atom. The maximum Gasteiger partial charge on any atom is 0.129 e. The Balaban J connectivity index is 2.46. The summed E-state index contributed by atoms with van der Waals surface area (Å²) >= 11 is 0. The highest BCUT2D eigenvalue weighted by Crippen LogP contribution is 2.12. The molecule has 0 aliphatic carbocycles. The number of hydrogen-bond acceptors (Lipinski definition) is 4. The normalized spacial score (nSPS) is 12.4. The highest BCUT2D eigenvalue weighted by molar-refractivity contribution is 5.34. The summed E-state index contributed by atoms with van der Waals surface area (Å²) in [5.74, 6) is 1.40. The third-order valence-electron chi connectivity index (χ3n) is 2.89. The molecule has 0 spiro atoms. The SMILES string of the molecule is CCCC(CCO)CNc1cc(CC)ncn1. The molecule has 1 aromatic heterocycles. The molecule has 0 bridgehead atoms. The topological polar surface area (TPSA) is 58.0 Å². The monoisotopic (exact) mass is 237 g/mol. The van der Waals surface area contributed by atoms with Crippen LogP contribution >= 0.6 is 0 Å². The molecule has 1 heterocycles. The molecule has 0 amide bonds. The van der Waals surface area contributed by atoms with E-state index in [1.807, 2.05) is 6.07 Å². The summed E-state index contributed by atoms with van der Waals surface area (Å²) in [4.78, 5) is 8.36. The van der Waals surface area contributed by atoms with Crippen molar-refractivity contribution in [2.75, 3.05) is 18.5 Å². The average molecular weight is 237 g/mol. The lowest BCUT2D eigenvalue weighted by Gasteiger charge is -2.16.